The summed E-state index contributed by atoms with van der Waals surface area (Å²) in [7, 11) is 0. The minimum Gasteiger partial charge on any atom is -0.354 e. The molecule has 32 heavy (non-hydrogen) atoms. The van der Waals surface area contributed by atoms with Crippen molar-refractivity contribution in [2.45, 2.75) is 53.4 Å². The molecule has 1 aromatic carbocycles. The van der Waals surface area contributed by atoms with E-state index >= 15 is 0 Å². The van der Waals surface area contributed by atoms with Crippen molar-refractivity contribution in [3.05, 3.63) is 36.2 Å². The summed E-state index contributed by atoms with van der Waals surface area (Å²) in [6.07, 6.45) is 3.81. The van der Waals surface area contributed by atoms with Gasteiger partial charge in [0.15, 0.2) is 0 Å². The SMILES string of the molecule is CCCCc1nc(N2CCCN(C(=O)C(C)(C)C)CC2)c2c(-c3ccccc3)noc2n1. The van der Waals surface area contributed by atoms with E-state index in [2.05, 4.69) is 22.0 Å². The number of benzene rings is 1. The Morgan fingerprint density at radius 2 is 1.84 bits per heavy atom. The summed E-state index contributed by atoms with van der Waals surface area (Å²) in [4.78, 5) is 26.8. The van der Waals surface area contributed by atoms with Crippen LogP contribution >= 0.6 is 0 Å². The fourth-order valence-corrected chi connectivity index (χ4v) is 4.15. The van der Waals surface area contributed by atoms with E-state index in [1.807, 2.05) is 56.0 Å². The quantitative estimate of drug-likeness (QED) is 0.578. The number of rotatable bonds is 5. The lowest BCUT2D eigenvalue weighted by Gasteiger charge is -2.28. The van der Waals surface area contributed by atoms with Crippen LogP contribution in [-0.4, -0.2) is 52.1 Å². The van der Waals surface area contributed by atoms with Crippen molar-refractivity contribution in [1.29, 1.82) is 0 Å². The van der Waals surface area contributed by atoms with Crippen LogP contribution in [-0.2, 0) is 11.2 Å². The maximum Gasteiger partial charge on any atom is 0.263 e. The van der Waals surface area contributed by atoms with Gasteiger partial charge in [-0.05, 0) is 12.8 Å². The first kappa shape index (κ1) is 22.2. The van der Waals surface area contributed by atoms with E-state index < -0.39 is 0 Å². The number of nitrogens with zero attached hydrogens (tertiary/aromatic N) is 5. The van der Waals surface area contributed by atoms with Crippen LogP contribution in [0.1, 0.15) is 52.8 Å². The third-order valence-corrected chi connectivity index (χ3v) is 5.89. The molecule has 1 fully saturated rings. The molecule has 1 saturated heterocycles. The van der Waals surface area contributed by atoms with Crippen molar-refractivity contribution in [1.82, 2.24) is 20.0 Å². The van der Waals surface area contributed by atoms with Crippen molar-refractivity contribution < 1.29 is 9.32 Å². The van der Waals surface area contributed by atoms with Gasteiger partial charge in [-0.3, -0.25) is 4.79 Å². The van der Waals surface area contributed by atoms with Gasteiger partial charge in [-0.15, -0.1) is 0 Å². The molecule has 4 rings (SSSR count). The molecule has 0 saturated carbocycles. The van der Waals surface area contributed by atoms with Crippen molar-refractivity contribution in [3.63, 3.8) is 0 Å². The Hall–Kier alpha value is -2.96. The Kier molecular flexibility index (Phi) is 6.44. The van der Waals surface area contributed by atoms with Gasteiger partial charge in [-0.1, -0.05) is 69.6 Å². The molecule has 2 aromatic heterocycles. The number of amides is 1. The number of unbranched alkanes of at least 4 members (excludes halogenated alkanes) is 1. The number of carbonyl (C=O) groups is 1. The first-order valence-corrected chi connectivity index (χ1v) is 11.6. The highest BCUT2D eigenvalue weighted by atomic mass is 16.5. The topological polar surface area (TPSA) is 75.4 Å². The summed E-state index contributed by atoms with van der Waals surface area (Å²) in [5, 5.41) is 5.23. The zero-order valence-electron chi connectivity index (χ0n) is 19.6. The third-order valence-electron chi connectivity index (χ3n) is 5.89. The van der Waals surface area contributed by atoms with E-state index in [4.69, 9.17) is 9.51 Å². The third kappa shape index (κ3) is 4.61. The molecule has 7 heteroatoms. The normalized spacial score (nSPS) is 15.2. The molecule has 0 unspecified atom stereocenters. The first-order chi connectivity index (χ1) is 15.4. The monoisotopic (exact) mass is 435 g/mol. The highest BCUT2D eigenvalue weighted by molar-refractivity contribution is 5.98. The van der Waals surface area contributed by atoms with Crippen LogP contribution in [0.25, 0.3) is 22.4 Å². The van der Waals surface area contributed by atoms with Gasteiger partial charge >= 0.3 is 0 Å². The van der Waals surface area contributed by atoms with Crippen LogP contribution in [0.2, 0.25) is 0 Å². The van der Waals surface area contributed by atoms with Crippen LogP contribution in [0.3, 0.4) is 0 Å². The second kappa shape index (κ2) is 9.27. The lowest BCUT2D eigenvalue weighted by molar-refractivity contribution is -0.139. The number of anilines is 1. The van der Waals surface area contributed by atoms with Gasteiger partial charge < -0.3 is 14.3 Å². The lowest BCUT2D eigenvalue weighted by Crippen LogP contribution is -2.41. The predicted molar refractivity (Wildman–Crippen MR) is 127 cm³/mol. The highest BCUT2D eigenvalue weighted by Gasteiger charge is 2.30. The van der Waals surface area contributed by atoms with Gasteiger partial charge in [-0.2, -0.15) is 4.98 Å². The highest BCUT2D eigenvalue weighted by Crippen LogP contribution is 2.34. The Bertz CT molecular complexity index is 1070. The lowest BCUT2D eigenvalue weighted by atomic mass is 9.94. The number of fused-ring (bicyclic) bond motifs is 1. The maximum absolute atomic E-state index is 12.9. The molecular weight excluding hydrogens is 402 g/mol. The van der Waals surface area contributed by atoms with Crippen molar-refractivity contribution in [3.8, 4) is 11.3 Å². The van der Waals surface area contributed by atoms with Crippen LogP contribution < -0.4 is 4.90 Å². The molecule has 170 valence electrons. The molecule has 1 aliphatic heterocycles. The Balaban J connectivity index is 1.72. The predicted octanol–water partition coefficient (Wildman–Crippen LogP) is 4.71. The molecule has 3 heterocycles. The van der Waals surface area contributed by atoms with Crippen molar-refractivity contribution >= 4 is 22.8 Å². The number of hydrogen-bond acceptors (Lipinski definition) is 6. The summed E-state index contributed by atoms with van der Waals surface area (Å²) in [6.45, 7) is 11.1. The molecule has 0 N–H and O–H groups in total. The second-order valence-electron chi connectivity index (χ2n) is 9.53. The zero-order valence-corrected chi connectivity index (χ0v) is 19.6. The van der Waals surface area contributed by atoms with E-state index in [0.29, 0.717) is 12.3 Å². The van der Waals surface area contributed by atoms with Gasteiger partial charge in [0.1, 0.15) is 22.7 Å². The minimum atomic E-state index is -0.375. The van der Waals surface area contributed by atoms with Gasteiger partial charge in [-0.25, -0.2) is 4.98 Å². The Labute approximate surface area is 189 Å². The summed E-state index contributed by atoms with van der Waals surface area (Å²) in [5.74, 6) is 1.86. The molecule has 0 radical (unpaired) electrons. The number of hydrogen-bond donors (Lipinski definition) is 0. The van der Waals surface area contributed by atoms with E-state index in [9.17, 15) is 4.79 Å². The first-order valence-electron chi connectivity index (χ1n) is 11.6. The summed E-state index contributed by atoms with van der Waals surface area (Å²) in [6, 6.07) is 10.0. The molecule has 3 aromatic rings. The van der Waals surface area contributed by atoms with Gasteiger partial charge in [0.2, 0.25) is 5.91 Å². The molecule has 0 aliphatic carbocycles. The van der Waals surface area contributed by atoms with E-state index in [1.54, 1.807) is 0 Å². The van der Waals surface area contributed by atoms with E-state index in [0.717, 1.165) is 73.6 Å². The molecule has 0 bridgehead atoms. The van der Waals surface area contributed by atoms with Crippen LogP contribution in [0.5, 0.6) is 0 Å². The maximum atomic E-state index is 12.9. The average molecular weight is 436 g/mol. The molecule has 1 amide bonds. The second-order valence-corrected chi connectivity index (χ2v) is 9.53. The Morgan fingerprint density at radius 3 is 2.56 bits per heavy atom. The number of aromatic nitrogens is 3. The standard InChI is InChI=1S/C25H33N5O2/c1-5-6-13-19-26-22(29-14-10-15-30(17-16-29)24(31)25(2,3)4)20-21(28-32-23(20)27-19)18-11-8-7-9-12-18/h7-9,11-12H,5-6,10,13-17H2,1-4H3. The van der Waals surface area contributed by atoms with Gasteiger partial charge in [0.25, 0.3) is 5.71 Å². The van der Waals surface area contributed by atoms with Gasteiger partial charge in [0.05, 0.1) is 0 Å². The molecular formula is C25H33N5O2. The number of aryl methyl sites for hydroxylation is 1. The Morgan fingerprint density at radius 1 is 1.06 bits per heavy atom. The fourth-order valence-electron chi connectivity index (χ4n) is 4.15. The number of carbonyl (C=O) groups excluding carboxylic acids is 1. The van der Waals surface area contributed by atoms with Gasteiger partial charge in [0, 0.05) is 43.6 Å². The largest absolute Gasteiger partial charge is 0.354 e. The smallest absolute Gasteiger partial charge is 0.263 e. The summed E-state index contributed by atoms with van der Waals surface area (Å²) >= 11 is 0. The molecule has 1 aliphatic rings. The fraction of sp³-hybridized carbons (Fsp3) is 0.520. The molecule has 7 nitrogen and oxygen atoms in total. The van der Waals surface area contributed by atoms with Crippen LogP contribution in [0, 0.1) is 5.41 Å². The summed E-state index contributed by atoms with van der Waals surface area (Å²) < 4.78 is 5.70. The molecule has 0 atom stereocenters. The van der Waals surface area contributed by atoms with Crippen molar-refractivity contribution in [2.75, 3.05) is 31.1 Å². The molecule has 0 spiro atoms. The van der Waals surface area contributed by atoms with E-state index in [1.165, 1.54) is 0 Å². The minimum absolute atomic E-state index is 0.200. The van der Waals surface area contributed by atoms with E-state index in [-0.39, 0.29) is 11.3 Å². The zero-order chi connectivity index (χ0) is 22.7. The van der Waals surface area contributed by atoms with Crippen LogP contribution in [0.4, 0.5) is 5.82 Å². The average Bonchev–Trinajstić information content (AvgIpc) is 3.06. The van der Waals surface area contributed by atoms with Crippen LogP contribution in [0.15, 0.2) is 34.9 Å². The summed E-state index contributed by atoms with van der Waals surface area (Å²) in [5.41, 5.74) is 1.91. The van der Waals surface area contributed by atoms with Crippen molar-refractivity contribution in [2.24, 2.45) is 5.41 Å².